The van der Waals surface area contributed by atoms with Crippen molar-refractivity contribution in [2.45, 2.75) is 25.8 Å². The molecule has 0 saturated heterocycles. The van der Waals surface area contributed by atoms with Crippen LogP contribution >= 0.6 is 0 Å². The van der Waals surface area contributed by atoms with Gasteiger partial charge < -0.3 is 20.9 Å². The van der Waals surface area contributed by atoms with Gasteiger partial charge in [0.05, 0.1) is 0 Å². The van der Waals surface area contributed by atoms with Crippen LogP contribution in [0, 0.1) is 5.92 Å². The van der Waals surface area contributed by atoms with E-state index in [0.717, 1.165) is 0 Å². The summed E-state index contributed by atoms with van der Waals surface area (Å²) in [6.45, 7) is 2.42. The molecule has 16 heavy (non-hydrogen) atoms. The van der Waals surface area contributed by atoms with E-state index in [0.29, 0.717) is 19.6 Å². The van der Waals surface area contributed by atoms with Crippen LogP contribution in [0.2, 0.25) is 0 Å². The van der Waals surface area contributed by atoms with Crippen LogP contribution in [0.5, 0.6) is 0 Å². The topological polar surface area (TPSA) is 102 Å². The molecule has 0 aromatic rings. The molecule has 94 valence electrons. The number of carbonyl (C=O) groups is 2. The number of hydrogen-bond donors (Lipinski definition) is 3. The number of aliphatic carboxylic acids is 1. The first-order chi connectivity index (χ1) is 7.52. The molecule has 1 amide bonds. The molecule has 0 aromatic heterocycles. The van der Waals surface area contributed by atoms with Crippen molar-refractivity contribution in [3.63, 3.8) is 0 Å². The van der Waals surface area contributed by atoms with E-state index in [9.17, 15) is 9.59 Å². The minimum atomic E-state index is -1.05. The molecule has 0 fully saturated rings. The maximum atomic E-state index is 11.5. The Bertz CT molecular complexity index is 233. The van der Waals surface area contributed by atoms with Crippen LogP contribution in [-0.4, -0.2) is 43.3 Å². The predicted molar refractivity (Wildman–Crippen MR) is 58.9 cm³/mol. The van der Waals surface area contributed by atoms with Crippen LogP contribution in [-0.2, 0) is 14.3 Å². The average molecular weight is 232 g/mol. The zero-order valence-electron chi connectivity index (χ0n) is 9.73. The van der Waals surface area contributed by atoms with Gasteiger partial charge in [0.1, 0.15) is 6.04 Å². The van der Waals surface area contributed by atoms with E-state index in [1.807, 2.05) is 0 Å². The van der Waals surface area contributed by atoms with Crippen molar-refractivity contribution in [2.75, 3.05) is 20.3 Å². The molecule has 0 heterocycles. The lowest BCUT2D eigenvalue weighted by Gasteiger charge is -2.17. The molecule has 4 N–H and O–H groups in total. The van der Waals surface area contributed by atoms with E-state index >= 15 is 0 Å². The predicted octanol–water partition coefficient (Wildman–Crippen LogP) is -0.423. The molecule has 6 heteroatoms. The average Bonchev–Trinajstić information content (AvgIpc) is 2.23. The molecule has 0 aliphatic rings. The largest absolute Gasteiger partial charge is 0.480 e. The van der Waals surface area contributed by atoms with Crippen molar-refractivity contribution in [3.8, 4) is 0 Å². The number of hydrogen-bond acceptors (Lipinski definition) is 4. The summed E-state index contributed by atoms with van der Waals surface area (Å²) in [6, 6.07) is -0.896. The SMILES string of the molecule is COCCC(NC(=O)C(C)CCN)C(=O)O. The maximum absolute atomic E-state index is 11.5. The lowest BCUT2D eigenvalue weighted by Crippen LogP contribution is -2.44. The molecule has 0 radical (unpaired) electrons. The van der Waals surface area contributed by atoms with Crippen molar-refractivity contribution in [1.82, 2.24) is 5.32 Å². The summed E-state index contributed by atoms with van der Waals surface area (Å²) in [5.74, 6) is -1.60. The Labute approximate surface area is 95.1 Å². The Balaban J connectivity index is 4.17. The van der Waals surface area contributed by atoms with E-state index in [-0.39, 0.29) is 18.2 Å². The molecule has 0 rings (SSSR count). The normalized spacial score (nSPS) is 14.2. The van der Waals surface area contributed by atoms with Gasteiger partial charge >= 0.3 is 5.97 Å². The number of nitrogens with two attached hydrogens (primary N) is 1. The van der Waals surface area contributed by atoms with Gasteiger partial charge in [-0.15, -0.1) is 0 Å². The van der Waals surface area contributed by atoms with Gasteiger partial charge in [-0.05, 0) is 13.0 Å². The molecule has 6 nitrogen and oxygen atoms in total. The molecule has 0 saturated carbocycles. The van der Waals surface area contributed by atoms with Gasteiger partial charge in [0.15, 0.2) is 0 Å². The van der Waals surface area contributed by atoms with Crippen LogP contribution in [0.25, 0.3) is 0 Å². The first kappa shape index (κ1) is 14.9. The Morgan fingerprint density at radius 2 is 2.06 bits per heavy atom. The minimum absolute atomic E-state index is 0.257. The van der Waals surface area contributed by atoms with Gasteiger partial charge in [-0.3, -0.25) is 4.79 Å². The Morgan fingerprint density at radius 3 is 2.50 bits per heavy atom. The van der Waals surface area contributed by atoms with Gasteiger partial charge in [0, 0.05) is 26.1 Å². The van der Waals surface area contributed by atoms with Crippen molar-refractivity contribution in [2.24, 2.45) is 11.7 Å². The van der Waals surface area contributed by atoms with E-state index in [2.05, 4.69) is 5.32 Å². The van der Waals surface area contributed by atoms with E-state index in [1.165, 1.54) is 7.11 Å². The number of carboxylic acid groups (broad SMARTS) is 1. The van der Waals surface area contributed by atoms with Gasteiger partial charge in [0.25, 0.3) is 0 Å². The molecular formula is C10H20N2O4. The van der Waals surface area contributed by atoms with Gasteiger partial charge in [0.2, 0.25) is 5.91 Å². The quantitative estimate of drug-likeness (QED) is 0.527. The van der Waals surface area contributed by atoms with Crippen molar-refractivity contribution < 1.29 is 19.4 Å². The number of rotatable bonds is 8. The molecule has 0 aliphatic carbocycles. The first-order valence-electron chi connectivity index (χ1n) is 5.25. The summed E-state index contributed by atoms with van der Waals surface area (Å²) in [5, 5.41) is 11.3. The Hall–Kier alpha value is -1.14. The second kappa shape index (κ2) is 8.06. The molecule has 0 bridgehead atoms. The highest BCUT2D eigenvalue weighted by molar-refractivity contribution is 5.84. The lowest BCUT2D eigenvalue weighted by atomic mass is 10.1. The standard InChI is InChI=1S/C10H20N2O4/c1-7(3-5-11)9(13)12-8(10(14)15)4-6-16-2/h7-8H,3-6,11H2,1-2H3,(H,12,13)(H,14,15). The first-order valence-corrected chi connectivity index (χ1v) is 5.25. The van der Waals surface area contributed by atoms with Crippen molar-refractivity contribution in [1.29, 1.82) is 0 Å². The second-order valence-corrected chi connectivity index (χ2v) is 3.66. The number of carboxylic acids is 1. The number of amides is 1. The molecule has 2 unspecified atom stereocenters. The highest BCUT2D eigenvalue weighted by atomic mass is 16.5. The van der Waals surface area contributed by atoms with Crippen molar-refractivity contribution >= 4 is 11.9 Å². The third-order valence-corrected chi connectivity index (χ3v) is 2.27. The zero-order chi connectivity index (χ0) is 12.6. The van der Waals surface area contributed by atoms with Gasteiger partial charge in [-0.1, -0.05) is 6.92 Å². The number of nitrogens with one attached hydrogen (secondary N) is 1. The zero-order valence-corrected chi connectivity index (χ0v) is 9.73. The maximum Gasteiger partial charge on any atom is 0.326 e. The minimum Gasteiger partial charge on any atom is -0.480 e. The van der Waals surface area contributed by atoms with Gasteiger partial charge in [-0.2, -0.15) is 0 Å². The highest BCUT2D eigenvalue weighted by Gasteiger charge is 2.22. The Morgan fingerprint density at radius 1 is 1.44 bits per heavy atom. The summed E-state index contributed by atoms with van der Waals surface area (Å²) in [5.41, 5.74) is 5.32. The Kier molecular flexibility index (Phi) is 7.49. The molecule has 2 atom stereocenters. The summed E-state index contributed by atoms with van der Waals surface area (Å²) in [7, 11) is 1.48. The smallest absolute Gasteiger partial charge is 0.326 e. The van der Waals surface area contributed by atoms with Gasteiger partial charge in [-0.25, -0.2) is 4.79 Å². The third kappa shape index (κ3) is 5.67. The fourth-order valence-corrected chi connectivity index (χ4v) is 1.19. The number of ether oxygens (including phenoxy) is 1. The molecule has 0 aliphatic heterocycles. The summed E-state index contributed by atoms with van der Waals surface area (Å²) in [4.78, 5) is 22.4. The van der Waals surface area contributed by atoms with Crippen LogP contribution in [0.15, 0.2) is 0 Å². The third-order valence-electron chi connectivity index (χ3n) is 2.27. The van der Waals surface area contributed by atoms with Crippen LogP contribution < -0.4 is 11.1 Å². The summed E-state index contributed by atoms with van der Waals surface area (Å²) in [6.07, 6.45) is 0.801. The van der Waals surface area contributed by atoms with Crippen LogP contribution in [0.3, 0.4) is 0 Å². The van der Waals surface area contributed by atoms with Crippen LogP contribution in [0.1, 0.15) is 19.8 Å². The number of methoxy groups -OCH3 is 1. The van der Waals surface area contributed by atoms with Crippen molar-refractivity contribution in [3.05, 3.63) is 0 Å². The lowest BCUT2D eigenvalue weighted by molar-refractivity contribution is -0.142. The molecule has 0 spiro atoms. The number of carbonyl (C=O) groups excluding carboxylic acids is 1. The fraction of sp³-hybridized carbons (Fsp3) is 0.800. The fourth-order valence-electron chi connectivity index (χ4n) is 1.19. The molecular weight excluding hydrogens is 212 g/mol. The van der Waals surface area contributed by atoms with E-state index in [4.69, 9.17) is 15.6 Å². The highest BCUT2D eigenvalue weighted by Crippen LogP contribution is 2.02. The van der Waals surface area contributed by atoms with E-state index in [1.54, 1.807) is 6.92 Å². The monoisotopic (exact) mass is 232 g/mol. The summed E-state index contributed by atoms with van der Waals surface area (Å²) >= 11 is 0. The summed E-state index contributed by atoms with van der Waals surface area (Å²) < 4.78 is 4.78. The molecule has 0 aromatic carbocycles. The van der Waals surface area contributed by atoms with E-state index < -0.39 is 12.0 Å². The second-order valence-electron chi connectivity index (χ2n) is 3.66. The van der Waals surface area contributed by atoms with Crippen LogP contribution in [0.4, 0.5) is 0 Å².